The van der Waals surface area contributed by atoms with Gasteiger partial charge in [0.15, 0.2) is 0 Å². The number of aryl methyl sites for hydroxylation is 1. The monoisotopic (exact) mass is 228 g/mol. The smallest absolute Gasteiger partial charge is 0.0797 e. The van der Waals surface area contributed by atoms with E-state index in [4.69, 9.17) is 0 Å². The van der Waals surface area contributed by atoms with E-state index >= 15 is 0 Å². The fraction of sp³-hybridized carbons (Fsp3) is 0.727. The predicted octanol–water partition coefficient (Wildman–Crippen LogP) is 1.74. The summed E-state index contributed by atoms with van der Waals surface area (Å²) >= 11 is 1.69. The van der Waals surface area contributed by atoms with Crippen LogP contribution in [0.3, 0.4) is 0 Å². The summed E-state index contributed by atoms with van der Waals surface area (Å²) in [4.78, 5) is 5.53. The Morgan fingerprint density at radius 3 is 2.73 bits per heavy atom. The Hall–Kier alpha value is -0.450. The fourth-order valence-electron chi connectivity index (χ4n) is 1.21. The van der Waals surface area contributed by atoms with Crippen LogP contribution in [0.2, 0.25) is 0 Å². The SMILES string of the molecule is Cc1ncsc1CCNC(C)(C)C(C)O. The first-order valence-corrected chi connectivity index (χ1v) is 6.13. The average Bonchev–Trinajstić information content (AvgIpc) is 2.51. The first kappa shape index (κ1) is 12.6. The van der Waals surface area contributed by atoms with E-state index in [0.717, 1.165) is 18.7 Å². The highest BCUT2D eigenvalue weighted by molar-refractivity contribution is 7.09. The summed E-state index contributed by atoms with van der Waals surface area (Å²) in [7, 11) is 0. The second-order valence-electron chi connectivity index (χ2n) is 4.44. The minimum atomic E-state index is -0.347. The van der Waals surface area contributed by atoms with Crippen LogP contribution in [0.25, 0.3) is 0 Å². The maximum Gasteiger partial charge on any atom is 0.0797 e. The van der Waals surface area contributed by atoms with Crippen LogP contribution >= 0.6 is 11.3 Å². The Kier molecular flexibility index (Phi) is 4.25. The van der Waals surface area contributed by atoms with Crippen molar-refractivity contribution >= 4 is 11.3 Å². The van der Waals surface area contributed by atoms with E-state index in [9.17, 15) is 5.11 Å². The number of aliphatic hydroxyl groups is 1. The second kappa shape index (κ2) is 5.05. The van der Waals surface area contributed by atoms with Crippen molar-refractivity contribution in [1.29, 1.82) is 0 Å². The summed E-state index contributed by atoms with van der Waals surface area (Å²) in [5.74, 6) is 0. The molecule has 0 aliphatic carbocycles. The zero-order valence-electron chi connectivity index (χ0n) is 9.87. The maximum atomic E-state index is 9.52. The molecule has 0 aromatic carbocycles. The largest absolute Gasteiger partial charge is 0.392 e. The van der Waals surface area contributed by atoms with Crippen molar-refractivity contribution in [2.75, 3.05) is 6.54 Å². The first-order valence-electron chi connectivity index (χ1n) is 5.25. The lowest BCUT2D eigenvalue weighted by Gasteiger charge is -2.29. The molecule has 86 valence electrons. The third-order valence-electron chi connectivity index (χ3n) is 2.82. The molecule has 1 aromatic rings. The van der Waals surface area contributed by atoms with Gasteiger partial charge in [0, 0.05) is 17.0 Å². The summed E-state index contributed by atoms with van der Waals surface area (Å²) in [6.07, 6.45) is 0.632. The van der Waals surface area contributed by atoms with E-state index in [2.05, 4.69) is 10.3 Å². The van der Waals surface area contributed by atoms with E-state index in [1.54, 1.807) is 11.3 Å². The molecule has 1 heterocycles. The minimum Gasteiger partial charge on any atom is -0.392 e. The number of nitrogens with zero attached hydrogens (tertiary/aromatic N) is 1. The molecule has 0 aliphatic rings. The van der Waals surface area contributed by atoms with Crippen molar-refractivity contribution < 1.29 is 5.11 Å². The molecule has 4 heteroatoms. The topological polar surface area (TPSA) is 45.2 Å². The van der Waals surface area contributed by atoms with Gasteiger partial charge in [-0.05, 0) is 34.1 Å². The Labute approximate surface area is 95.6 Å². The van der Waals surface area contributed by atoms with E-state index in [0.29, 0.717) is 0 Å². The average molecular weight is 228 g/mol. The Morgan fingerprint density at radius 2 is 2.27 bits per heavy atom. The number of aromatic nitrogens is 1. The van der Waals surface area contributed by atoms with Gasteiger partial charge < -0.3 is 10.4 Å². The van der Waals surface area contributed by atoms with Gasteiger partial charge in [0.25, 0.3) is 0 Å². The molecule has 0 saturated carbocycles. The van der Waals surface area contributed by atoms with Crippen molar-refractivity contribution in [3.63, 3.8) is 0 Å². The van der Waals surface area contributed by atoms with E-state index in [-0.39, 0.29) is 11.6 Å². The number of rotatable bonds is 5. The second-order valence-corrected chi connectivity index (χ2v) is 5.37. The van der Waals surface area contributed by atoms with Crippen molar-refractivity contribution in [3.05, 3.63) is 16.1 Å². The molecule has 1 atom stereocenters. The van der Waals surface area contributed by atoms with Gasteiger partial charge in [-0.25, -0.2) is 4.98 Å². The highest BCUT2D eigenvalue weighted by Gasteiger charge is 2.22. The Balaban J connectivity index is 2.37. The van der Waals surface area contributed by atoms with Gasteiger partial charge in [0.2, 0.25) is 0 Å². The van der Waals surface area contributed by atoms with Crippen molar-refractivity contribution in [2.24, 2.45) is 0 Å². The molecule has 0 bridgehead atoms. The molecular weight excluding hydrogens is 208 g/mol. The van der Waals surface area contributed by atoms with Crippen LogP contribution in [0.4, 0.5) is 0 Å². The number of hydrogen-bond donors (Lipinski definition) is 2. The van der Waals surface area contributed by atoms with Gasteiger partial charge in [-0.15, -0.1) is 11.3 Å². The fourth-order valence-corrected chi connectivity index (χ4v) is 1.99. The van der Waals surface area contributed by atoms with E-state index in [1.807, 2.05) is 33.2 Å². The van der Waals surface area contributed by atoms with Gasteiger partial charge in [-0.1, -0.05) is 0 Å². The number of thiazole rings is 1. The lowest BCUT2D eigenvalue weighted by molar-refractivity contribution is 0.0973. The van der Waals surface area contributed by atoms with Crippen LogP contribution in [0.5, 0.6) is 0 Å². The molecule has 1 rings (SSSR count). The Morgan fingerprint density at radius 1 is 1.60 bits per heavy atom. The zero-order chi connectivity index (χ0) is 11.5. The van der Waals surface area contributed by atoms with Gasteiger partial charge in [-0.3, -0.25) is 0 Å². The molecule has 0 amide bonds. The third kappa shape index (κ3) is 3.55. The minimum absolute atomic E-state index is 0.224. The molecule has 0 radical (unpaired) electrons. The summed E-state index contributed by atoms with van der Waals surface area (Å²) in [6, 6.07) is 0. The molecule has 0 spiro atoms. The zero-order valence-corrected chi connectivity index (χ0v) is 10.7. The number of nitrogens with one attached hydrogen (secondary N) is 1. The van der Waals surface area contributed by atoms with Gasteiger partial charge in [0.05, 0.1) is 17.3 Å². The van der Waals surface area contributed by atoms with Gasteiger partial charge >= 0.3 is 0 Å². The lowest BCUT2D eigenvalue weighted by atomic mass is 9.99. The van der Waals surface area contributed by atoms with E-state index < -0.39 is 0 Å². The molecule has 1 unspecified atom stereocenters. The van der Waals surface area contributed by atoms with Crippen molar-refractivity contribution in [3.8, 4) is 0 Å². The number of hydrogen-bond acceptors (Lipinski definition) is 4. The number of aliphatic hydroxyl groups excluding tert-OH is 1. The maximum absolute atomic E-state index is 9.52. The van der Waals surface area contributed by atoms with Crippen LogP contribution in [-0.4, -0.2) is 28.3 Å². The normalized spacial score (nSPS) is 14.2. The molecule has 15 heavy (non-hydrogen) atoms. The molecule has 3 nitrogen and oxygen atoms in total. The lowest BCUT2D eigenvalue weighted by Crippen LogP contribution is -2.48. The van der Waals surface area contributed by atoms with Crippen LogP contribution in [0, 0.1) is 6.92 Å². The van der Waals surface area contributed by atoms with Crippen LogP contribution < -0.4 is 5.32 Å². The molecule has 0 fully saturated rings. The van der Waals surface area contributed by atoms with Crippen LogP contribution in [0.1, 0.15) is 31.3 Å². The molecule has 1 aromatic heterocycles. The summed E-state index contributed by atoms with van der Waals surface area (Å²) in [5, 5.41) is 12.9. The standard InChI is InChI=1S/C11H20N2OS/c1-8-10(15-7-12-8)5-6-13-11(3,4)9(2)14/h7,9,13-14H,5-6H2,1-4H3. The molecule has 0 aliphatic heterocycles. The van der Waals surface area contributed by atoms with Gasteiger partial charge in [0.1, 0.15) is 0 Å². The highest BCUT2D eigenvalue weighted by atomic mass is 32.1. The summed E-state index contributed by atoms with van der Waals surface area (Å²) < 4.78 is 0. The molecule has 2 N–H and O–H groups in total. The third-order valence-corrected chi connectivity index (χ3v) is 3.82. The summed E-state index contributed by atoms with van der Waals surface area (Å²) in [5.41, 5.74) is 2.78. The highest BCUT2D eigenvalue weighted by Crippen LogP contribution is 2.13. The van der Waals surface area contributed by atoms with Crippen LogP contribution in [-0.2, 0) is 6.42 Å². The Bertz CT molecular complexity index is 307. The van der Waals surface area contributed by atoms with E-state index in [1.165, 1.54) is 4.88 Å². The predicted molar refractivity (Wildman–Crippen MR) is 64.3 cm³/mol. The van der Waals surface area contributed by atoms with Crippen molar-refractivity contribution in [1.82, 2.24) is 10.3 Å². The van der Waals surface area contributed by atoms with Crippen molar-refractivity contribution in [2.45, 2.75) is 45.8 Å². The van der Waals surface area contributed by atoms with Crippen LogP contribution in [0.15, 0.2) is 5.51 Å². The summed E-state index contributed by atoms with van der Waals surface area (Å²) in [6.45, 7) is 8.74. The van der Waals surface area contributed by atoms with Gasteiger partial charge in [-0.2, -0.15) is 0 Å². The first-order chi connectivity index (χ1) is 6.93. The quantitative estimate of drug-likeness (QED) is 0.807. The molecular formula is C11H20N2OS. The molecule has 0 saturated heterocycles.